The molecule has 1 atom stereocenters. The van der Waals surface area contributed by atoms with Gasteiger partial charge in [0.1, 0.15) is 11.6 Å². The number of aryl methyl sites for hydroxylation is 1. The van der Waals surface area contributed by atoms with Crippen LogP contribution < -0.4 is 0 Å². The van der Waals surface area contributed by atoms with Crippen molar-refractivity contribution < 1.29 is 9.50 Å². The predicted octanol–water partition coefficient (Wildman–Crippen LogP) is 3.03. The molecule has 3 rings (SSSR count). The van der Waals surface area contributed by atoms with Gasteiger partial charge in [0.25, 0.3) is 0 Å². The highest BCUT2D eigenvalue weighted by Crippen LogP contribution is 2.67. The fraction of sp³-hybridized carbons (Fsp3) is 0.556. The van der Waals surface area contributed by atoms with Crippen LogP contribution >= 0.6 is 11.8 Å². The van der Waals surface area contributed by atoms with Crippen molar-refractivity contribution in [3.8, 4) is 0 Å². The number of hydrogen-bond acceptors (Lipinski definition) is 4. The normalized spacial score (nSPS) is 21.9. The highest BCUT2D eigenvalue weighted by Gasteiger charge is 2.66. The topological polar surface area (TPSA) is 50.9 Å². The Bertz CT molecular complexity index is 731. The first-order valence-corrected chi connectivity index (χ1v) is 9.64. The number of benzene rings is 1. The van der Waals surface area contributed by atoms with Gasteiger partial charge in [0, 0.05) is 17.7 Å². The van der Waals surface area contributed by atoms with E-state index in [0.717, 1.165) is 30.2 Å². The minimum atomic E-state index is -0.474. The van der Waals surface area contributed by atoms with E-state index < -0.39 is 5.41 Å². The molecular weight excluding hydrogens is 325 g/mol. The second-order valence-electron chi connectivity index (χ2n) is 6.99. The molecule has 0 amide bonds. The monoisotopic (exact) mass is 349 g/mol. The molecule has 0 spiro atoms. The molecule has 2 aromatic rings. The highest BCUT2D eigenvalue weighted by molar-refractivity contribution is 7.98. The number of hydrogen-bond donors (Lipinski definition) is 1. The van der Waals surface area contributed by atoms with Crippen LogP contribution in [0.3, 0.4) is 0 Å². The third-order valence-electron chi connectivity index (χ3n) is 5.01. The summed E-state index contributed by atoms with van der Waals surface area (Å²) in [5.41, 5.74) is 0.114. The van der Waals surface area contributed by atoms with Gasteiger partial charge in [0.15, 0.2) is 5.82 Å². The number of nitrogens with zero attached hydrogens (tertiary/aromatic N) is 3. The molecule has 1 unspecified atom stereocenters. The van der Waals surface area contributed by atoms with E-state index in [0.29, 0.717) is 12.1 Å². The fourth-order valence-electron chi connectivity index (χ4n) is 3.64. The molecule has 1 aromatic heterocycles. The zero-order chi connectivity index (χ0) is 17.4. The van der Waals surface area contributed by atoms with Gasteiger partial charge in [0.05, 0.1) is 18.6 Å². The van der Waals surface area contributed by atoms with Crippen molar-refractivity contribution in [2.24, 2.45) is 5.41 Å². The zero-order valence-electron chi connectivity index (χ0n) is 14.4. The zero-order valence-corrected chi connectivity index (χ0v) is 15.2. The molecule has 1 fully saturated rings. The molecular formula is C18H24FN3OS. The lowest BCUT2D eigenvalue weighted by molar-refractivity contribution is 0.264. The van der Waals surface area contributed by atoms with E-state index in [9.17, 15) is 9.50 Å². The molecule has 24 heavy (non-hydrogen) atoms. The molecule has 6 heteroatoms. The second kappa shape index (κ2) is 6.48. The molecule has 1 aliphatic carbocycles. The first-order chi connectivity index (χ1) is 11.5. The van der Waals surface area contributed by atoms with Gasteiger partial charge in [-0.2, -0.15) is 16.9 Å². The fourth-order valence-corrected chi connectivity index (χ4v) is 4.03. The molecule has 0 bridgehead atoms. The summed E-state index contributed by atoms with van der Waals surface area (Å²) in [4.78, 5) is 4.77. The number of thioether (sulfide) groups is 1. The number of aliphatic hydroxyl groups is 1. The maximum absolute atomic E-state index is 14.6. The summed E-state index contributed by atoms with van der Waals surface area (Å²) in [6.45, 7) is 4.65. The quantitative estimate of drug-likeness (QED) is 0.835. The molecule has 1 aromatic carbocycles. The van der Waals surface area contributed by atoms with Gasteiger partial charge in [-0.05, 0) is 24.2 Å². The van der Waals surface area contributed by atoms with Crippen molar-refractivity contribution in [3.63, 3.8) is 0 Å². The minimum Gasteiger partial charge on any atom is -0.394 e. The second-order valence-corrected chi connectivity index (χ2v) is 7.97. The van der Waals surface area contributed by atoms with Crippen molar-refractivity contribution in [1.29, 1.82) is 0 Å². The Morgan fingerprint density at radius 3 is 2.62 bits per heavy atom. The van der Waals surface area contributed by atoms with Crippen molar-refractivity contribution in [2.75, 3.05) is 18.6 Å². The SMILES string of the molecule is CSCCc1nc(C2(c3ccccc3F)CC2(C)C)n(CCO)n1. The van der Waals surface area contributed by atoms with E-state index in [4.69, 9.17) is 4.98 Å². The van der Waals surface area contributed by atoms with E-state index >= 15 is 0 Å². The Morgan fingerprint density at radius 2 is 2.04 bits per heavy atom. The summed E-state index contributed by atoms with van der Waals surface area (Å²) in [5.74, 6) is 2.29. The Balaban J connectivity index is 2.10. The Kier molecular flexibility index (Phi) is 4.71. The number of aliphatic hydroxyl groups excluding tert-OH is 1. The highest BCUT2D eigenvalue weighted by atomic mass is 32.2. The summed E-state index contributed by atoms with van der Waals surface area (Å²) in [6.07, 6.45) is 3.66. The maximum atomic E-state index is 14.6. The van der Waals surface area contributed by atoms with Gasteiger partial charge >= 0.3 is 0 Å². The van der Waals surface area contributed by atoms with Crippen LogP contribution in [0.5, 0.6) is 0 Å². The molecule has 0 saturated heterocycles. The van der Waals surface area contributed by atoms with Gasteiger partial charge in [-0.1, -0.05) is 32.0 Å². The van der Waals surface area contributed by atoms with E-state index in [1.807, 2.05) is 12.1 Å². The molecule has 1 aliphatic rings. The van der Waals surface area contributed by atoms with Crippen molar-refractivity contribution in [1.82, 2.24) is 14.8 Å². The van der Waals surface area contributed by atoms with Gasteiger partial charge in [-0.25, -0.2) is 14.1 Å². The standard InChI is InChI=1S/C18H24FN3OS/c1-17(2)12-18(17,13-6-4-5-7-14(13)19)16-20-15(8-11-24-3)21-22(16)9-10-23/h4-7,23H,8-12H2,1-3H3. The largest absolute Gasteiger partial charge is 0.394 e. The number of halogens is 1. The lowest BCUT2D eigenvalue weighted by Gasteiger charge is -2.21. The van der Waals surface area contributed by atoms with E-state index in [1.165, 1.54) is 6.07 Å². The Labute approximate surface area is 146 Å². The van der Waals surface area contributed by atoms with Gasteiger partial charge < -0.3 is 5.11 Å². The summed E-state index contributed by atoms with van der Waals surface area (Å²) in [7, 11) is 0. The number of aromatic nitrogens is 3. The van der Waals surface area contributed by atoms with Crippen molar-refractivity contribution in [2.45, 2.75) is 38.6 Å². The third kappa shape index (κ3) is 2.75. The summed E-state index contributed by atoms with van der Waals surface area (Å²) < 4.78 is 16.3. The van der Waals surface area contributed by atoms with Gasteiger partial charge in [-0.3, -0.25) is 0 Å². The lowest BCUT2D eigenvalue weighted by atomic mass is 9.86. The van der Waals surface area contributed by atoms with Crippen molar-refractivity contribution in [3.05, 3.63) is 47.3 Å². The summed E-state index contributed by atoms with van der Waals surface area (Å²) >= 11 is 1.75. The number of rotatable bonds is 7. The van der Waals surface area contributed by atoms with Crippen LogP contribution in [-0.4, -0.2) is 38.5 Å². The van der Waals surface area contributed by atoms with E-state index in [2.05, 4.69) is 25.2 Å². The molecule has 1 heterocycles. The Hall–Kier alpha value is -1.40. The lowest BCUT2D eigenvalue weighted by Crippen LogP contribution is -2.24. The third-order valence-corrected chi connectivity index (χ3v) is 5.62. The summed E-state index contributed by atoms with van der Waals surface area (Å²) in [5, 5.41) is 14.0. The van der Waals surface area contributed by atoms with Crippen molar-refractivity contribution >= 4 is 11.8 Å². The van der Waals surface area contributed by atoms with Crippen LogP contribution in [0, 0.1) is 11.2 Å². The molecule has 0 aliphatic heterocycles. The van der Waals surface area contributed by atoms with E-state index in [-0.39, 0.29) is 17.8 Å². The summed E-state index contributed by atoms with van der Waals surface area (Å²) in [6, 6.07) is 6.94. The van der Waals surface area contributed by atoms with Crippen LogP contribution in [-0.2, 0) is 18.4 Å². The minimum absolute atomic E-state index is 0.00783. The van der Waals surface area contributed by atoms with E-state index in [1.54, 1.807) is 22.5 Å². The maximum Gasteiger partial charge on any atom is 0.151 e. The van der Waals surface area contributed by atoms with Crippen LogP contribution in [0.2, 0.25) is 0 Å². The molecule has 4 nitrogen and oxygen atoms in total. The Morgan fingerprint density at radius 1 is 1.33 bits per heavy atom. The average Bonchev–Trinajstić information content (AvgIpc) is 2.91. The first kappa shape index (κ1) is 17.4. The smallest absolute Gasteiger partial charge is 0.151 e. The van der Waals surface area contributed by atoms with Crippen LogP contribution in [0.4, 0.5) is 4.39 Å². The average molecular weight is 349 g/mol. The molecule has 1 saturated carbocycles. The van der Waals surface area contributed by atoms with Crippen LogP contribution in [0.1, 0.15) is 37.5 Å². The van der Waals surface area contributed by atoms with Gasteiger partial charge in [-0.15, -0.1) is 0 Å². The van der Waals surface area contributed by atoms with Crippen LogP contribution in [0.25, 0.3) is 0 Å². The molecule has 1 N–H and O–H groups in total. The first-order valence-electron chi connectivity index (χ1n) is 8.25. The van der Waals surface area contributed by atoms with Gasteiger partial charge in [0.2, 0.25) is 0 Å². The molecule has 0 radical (unpaired) electrons. The van der Waals surface area contributed by atoms with Crippen LogP contribution in [0.15, 0.2) is 24.3 Å². The molecule has 130 valence electrons. The predicted molar refractivity (Wildman–Crippen MR) is 94.8 cm³/mol.